The van der Waals surface area contributed by atoms with Gasteiger partial charge in [0.05, 0.1) is 0 Å². The third-order valence-corrected chi connectivity index (χ3v) is 3.05. The van der Waals surface area contributed by atoms with E-state index in [1.165, 1.54) is 5.56 Å². The maximum atomic E-state index is 13.4. The van der Waals surface area contributed by atoms with Crippen LogP contribution in [0.15, 0.2) is 42.7 Å². The van der Waals surface area contributed by atoms with Gasteiger partial charge in [-0.1, -0.05) is 12.1 Å². The normalized spacial score (nSPS) is 12.4. The molecule has 0 spiro atoms. The molecule has 18 heavy (non-hydrogen) atoms. The maximum Gasteiger partial charge on any atom is 0.126 e. The first kappa shape index (κ1) is 12.7. The van der Waals surface area contributed by atoms with Crippen molar-refractivity contribution in [3.05, 3.63) is 65.2 Å². The number of benzene rings is 1. The van der Waals surface area contributed by atoms with Crippen LogP contribution < -0.4 is 5.32 Å². The van der Waals surface area contributed by atoms with Gasteiger partial charge < -0.3 is 5.32 Å². The summed E-state index contributed by atoms with van der Waals surface area (Å²) in [4.78, 5) is 3.99. The van der Waals surface area contributed by atoms with Crippen molar-refractivity contribution in [3.8, 4) is 0 Å². The molecule has 1 aromatic heterocycles. The van der Waals surface area contributed by atoms with E-state index in [0.717, 1.165) is 5.56 Å². The lowest BCUT2D eigenvalue weighted by Gasteiger charge is -2.14. The van der Waals surface area contributed by atoms with Crippen LogP contribution in [0, 0.1) is 12.7 Å². The number of aromatic nitrogens is 1. The average molecular weight is 244 g/mol. The average Bonchev–Trinajstić information content (AvgIpc) is 2.41. The number of nitrogens with zero attached hydrogens (tertiary/aromatic N) is 1. The highest BCUT2D eigenvalue weighted by Gasteiger charge is 2.05. The Morgan fingerprint density at radius 1 is 1.22 bits per heavy atom. The lowest BCUT2D eigenvalue weighted by Crippen LogP contribution is -2.18. The zero-order chi connectivity index (χ0) is 13.0. The number of pyridine rings is 1. The minimum absolute atomic E-state index is 0.147. The molecule has 0 bridgehead atoms. The number of hydrogen-bond acceptors (Lipinski definition) is 2. The summed E-state index contributed by atoms with van der Waals surface area (Å²) in [6.45, 7) is 4.51. The lowest BCUT2D eigenvalue weighted by atomic mass is 10.1. The zero-order valence-electron chi connectivity index (χ0n) is 10.7. The molecule has 2 nitrogen and oxygen atoms in total. The van der Waals surface area contributed by atoms with E-state index in [4.69, 9.17) is 0 Å². The second kappa shape index (κ2) is 5.74. The molecule has 0 saturated carbocycles. The third-order valence-electron chi connectivity index (χ3n) is 3.05. The molecule has 1 aromatic carbocycles. The number of nitrogens with one attached hydrogen (secondary N) is 1. The van der Waals surface area contributed by atoms with Crippen LogP contribution in [-0.4, -0.2) is 4.98 Å². The van der Waals surface area contributed by atoms with Gasteiger partial charge in [-0.05, 0) is 48.7 Å². The summed E-state index contributed by atoms with van der Waals surface area (Å²) in [5, 5.41) is 3.37. The molecule has 0 unspecified atom stereocenters. The molecule has 0 fully saturated rings. The fraction of sp³-hybridized carbons (Fsp3) is 0.267. The Balaban J connectivity index is 1.97. The molecule has 0 aliphatic carbocycles. The summed E-state index contributed by atoms with van der Waals surface area (Å²) in [5.41, 5.74) is 2.82. The monoisotopic (exact) mass is 244 g/mol. The van der Waals surface area contributed by atoms with Crippen LogP contribution in [-0.2, 0) is 6.54 Å². The molecule has 0 aliphatic heterocycles. The van der Waals surface area contributed by atoms with E-state index in [1.54, 1.807) is 25.4 Å². The van der Waals surface area contributed by atoms with Gasteiger partial charge in [-0.2, -0.15) is 0 Å². The minimum atomic E-state index is -0.147. The van der Waals surface area contributed by atoms with Gasteiger partial charge in [-0.25, -0.2) is 4.39 Å². The summed E-state index contributed by atoms with van der Waals surface area (Å²) < 4.78 is 13.4. The van der Waals surface area contributed by atoms with Gasteiger partial charge in [0.15, 0.2) is 0 Å². The van der Waals surface area contributed by atoms with E-state index in [2.05, 4.69) is 17.2 Å². The van der Waals surface area contributed by atoms with Crippen LogP contribution in [0.1, 0.15) is 29.7 Å². The second-order valence-electron chi connectivity index (χ2n) is 4.47. The van der Waals surface area contributed by atoms with Gasteiger partial charge in [0.2, 0.25) is 0 Å². The zero-order valence-corrected chi connectivity index (χ0v) is 10.7. The summed E-state index contributed by atoms with van der Waals surface area (Å²) >= 11 is 0. The lowest BCUT2D eigenvalue weighted by molar-refractivity contribution is 0.567. The van der Waals surface area contributed by atoms with Gasteiger partial charge in [-0.15, -0.1) is 0 Å². The van der Waals surface area contributed by atoms with Crippen LogP contribution in [0.4, 0.5) is 4.39 Å². The van der Waals surface area contributed by atoms with Gasteiger partial charge in [0, 0.05) is 25.0 Å². The second-order valence-corrected chi connectivity index (χ2v) is 4.47. The van der Waals surface area contributed by atoms with Crippen LogP contribution >= 0.6 is 0 Å². The molecule has 2 aromatic rings. The molecular formula is C15H17FN2. The van der Waals surface area contributed by atoms with E-state index in [9.17, 15) is 4.39 Å². The molecule has 1 atom stereocenters. The summed E-state index contributed by atoms with van der Waals surface area (Å²) in [6, 6.07) is 9.52. The predicted octanol–water partition coefficient (Wildman–Crippen LogP) is 3.38. The Hall–Kier alpha value is -1.74. The molecule has 94 valence electrons. The molecule has 1 heterocycles. The topological polar surface area (TPSA) is 24.9 Å². The van der Waals surface area contributed by atoms with E-state index in [-0.39, 0.29) is 11.9 Å². The van der Waals surface area contributed by atoms with Crippen LogP contribution in [0.5, 0.6) is 0 Å². The van der Waals surface area contributed by atoms with Crippen LogP contribution in [0.2, 0.25) is 0 Å². The SMILES string of the molecule is Cc1ccc(CN[C@H](C)c2ccncc2)cc1F. The molecule has 1 N–H and O–H groups in total. The standard InChI is InChI=1S/C15H17FN2/c1-11-3-4-13(9-15(11)16)10-18-12(2)14-5-7-17-8-6-14/h3-9,12,18H,10H2,1-2H3/t12-/m1/s1. The van der Waals surface area contributed by atoms with Crippen molar-refractivity contribution in [2.75, 3.05) is 0 Å². The van der Waals surface area contributed by atoms with Gasteiger partial charge in [-0.3, -0.25) is 4.98 Å². The van der Waals surface area contributed by atoms with Crippen molar-refractivity contribution >= 4 is 0 Å². The number of hydrogen-bond donors (Lipinski definition) is 1. The van der Waals surface area contributed by atoms with Gasteiger partial charge in [0.1, 0.15) is 5.82 Å². The maximum absolute atomic E-state index is 13.4. The van der Waals surface area contributed by atoms with Crippen molar-refractivity contribution in [3.63, 3.8) is 0 Å². The summed E-state index contributed by atoms with van der Waals surface area (Å²) in [6.07, 6.45) is 3.55. The smallest absolute Gasteiger partial charge is 0.126 e. The van der Waals surface area contributed by atoms with Crippen molar-refractivity contribution in [1.82, 2.24) is 10.3 Å². The fourth-order valence-electron chi connectivity index (χ4n) is 1.79. The van der Waals surface area contributed by atoms with Crippen molar-refractivity contribution in [2.24, 2.45) is 0 Å². The quantitative estimate of drug-likeness (QED) is 0.891. The highest BCUT2D eigenvalue weighted by atomic mass is 19.1. The Labute approximate surface area is 107 Å². The van der Waals surface area contributed by atoms with Gasteiger partial charge in [0.25, 0.3) is 0 Å². The Morgan fingerprint density at radius 3 is 2.61 bits per heavy atom. The van der Waals surface area contributed by atoms with Crippen LogP contribution in [0.25, 0.3) is 0 Å². The molecule has 0 amide bonds. The number of rotatable bonds is 4. The van der Waals surface area contributed by atoms with Crippen molar-refractivity contribution in [1.29, 1.82) is 0 Å². The summed E-state index contributed by atoms with van der Waals surface area (Å²) in [7, 11) is 0. The Kier molecular flexibility index (Phi) is 4.05. The minimum Gasteiger partial charge on any atom is -0.306 e. The first-order chi connectivity index (χ1) is 8.66. The highest BCUT2D eigenvalue weighted by molar-refractivity contribution is 5.23. The molecule has 0 aliphatic rings. The molecule has 0 saturated heterocycles. The van der Waals surface area contributed by atoms with E-state index < -0.39 is 0 Å². The first-order valence-electron chi connectivity index (χ1n) is 6.05. The Bertz CT molecular complexity index is 511. The van der Waals surface area contributed by atoms with E-state index in [1.807, 2.05) is 24.3 Å². The first-order valence-corrected chi connectivity index (χ1v) is 6.05. The predicted molar refractivity (Wildman–Crippen MR) is 70.6 cm³/mol. The largest absolute Gasteiger partial charge is 0.306 e. The highest BCUT2D eigenvalue weighted by Crippen LogP contribution is 2.13. The number of halogens is 1. The molecular weight excluding hydrogens is 227 g/mol. The Morgan fingerprint density at radius 2 is 1.94 bits per heavy atom. The molecule has 0 radical (unpaired) electrons. The van der Waals surface area contributed by atoms with Gasteiger partial charge >= 0.3 is 0 Å². The van der Waals surface area contributed by atoms with Crippen LogP contribution in [0.3, 0.4) is 0 Å². The summed E-state index contributed by atoms with van der Waals surface area (Å²) in [5.74, 6) is -0.147. The third kappa shape index (κ3) is 3.14. The molecule has 3 heteroatoms. The van der Waals surface area contributed by atoms with E-state index in [0.29, 0.717) is 12.1 Å². The fourth-order valence-corrected chi connectivity index (χ4v) is 1.79. The van der Waals surface area contributed by atoms with E-state index >= 15 is 0 Å². The van der Waals surface area contributed by atoms with Crippen molar-refractivity contribution in [2.45, 2.75) is 26.4 Å². The van der Waals surface area contributed by atoms with Crippen molar-refractivity contribution < 1.29 is 4.39 Å². The molecule has 2 rings (SSSR count). The number of aryl methyl sites for hydroxylation is 1.